The summed E-state index contributed by atoms with van der Waals surface area (Å²) in [6.07, 6.45) is 0. The first-order valence-electron chi connectivity index (χ1n) is 45.8. The van der Waals surface area contributed by atoms with Crippen molar-refractivity contribution in [1.82, 2.24) is 4.57 Å². The van der Waals surface area contributed by atoms with E-state index in [9.17, 15) is 0 Å². The van der Waals surface area contributed by atoms with Crippen LogP contribution < -0.4 is 4.90 Å². The van der Waals surface area contributed by atoms with Crippen molar-refractivity contribution in [2.75, 3.05) is 4.90 Å². The second-order valence-corrected chi connectivity index (χ2v) is 36.5. The number of anilines is 3. The van der Waals surface area contributed by atoms with Crippen LogP contribution in [0.2, 0.25) is 0 Å². The van der Waals surface area contributed by atoms with Gasteiger partial charge in [0.25, 0.3) is 0 Å². The van der Waals surface area contributed by atoms with Gasteiger partial charge in [-0.25, -0.2) is 0 Å². The van der Waals surface area contributed by atoms with Crippen LogP contribution in [-0.4, -0.2) is 4.57 Å². The van der Waals surface area contributed by atoms with Crippen LogP contribution in [0.4, 0.5) is 17.1 Å². The number of para-hydroxylation sites is 10. The molecule has 31 aromatic rings. The Morgan fingerprint density at radius 3 is 1.01 bits per heavy atom. The summed E-state index contributed by atoms with van der Waals surface area (Å²) in [6, 6.07) is 155. The lowest BCUT2D eigenvalue weighted by molar-refractivity contribution is 0.669. The highest BCUT2D eigenvalue weighted by Gasteiger charge is 2.26. The molecule has 135 heavy (non-hydrogen) atoms. The van der Waals surface area contributed by atoms with E-state index in [2.05, 4.69) is 392 Å². The van der Waals surface area contributed by atoms with Crippen LogP contribution >= 0.6 is 11.3 Å². The Morgan fingerprint density at radius 1 is 0.185 bits per heavy atom. The Kier molecular flexibility index (Phi) is 16.3. The Morgan fingerprint density at radius 2 is 0.533 bits per heavy atom. The van der Waals surface area contributed by atoms with Gasteiger partial charge in [-0.05, 0) is 258 Å². The number of nitrogens with zero attached hydrogens (tertiary/aromatic N) is 2. The summed E-state index contributed by atoms with van der Waals surface area (Å²) in [7, 11) is 0. The molecule has 8 aromatic heterocycles. The van der Waals surface area contributed by atoms with Gasteiger partial charge in [0.2, 0.25) is 0 Å². The zero-order valence-electron chi connectivity index (χ0n) is 72.3. The fourth-order valence-corrected chi connectivity index (χ4v) is 23.2. The van der Waals surface area contributed by atoms with Crippen LogP contribution in [0.5, 0.6) is 0 Å². The van der Waals surface area contributed by atoms with Crippen LogP contribution in [0, 0.1) is 0 Å². The molecule has 0 aliphatic carbocycles. The summed E-state index contributed by atoms with van der Waals surface area (Å²) < 4.78 is 44.1. The van der Waals surface area contributed by atoms with E-state index in [-0.39, 0.29) is 0 Å². The topological polar surface area (TPSA) is 87.0 Å². The number of benzene rings is 23. The lowest BCUT2D eigenvalue weighted by Gasteiger charge is -2.25. The van der Waals surface area contributed by atoms with Crippen LogP contribution in [-0.2, 0) is 0 Å². The first kappa shape index (κ1) is 75.1. The van der Waals surface area contributed by atoms with Gasteiger partial charge in [-0.3, -0.25) is 0 Å². The molecule has 0 fully saturated rings. The minimum Gasteiger partial charge on any atom is -0.456 e. The normalized spacial score (nSPS) is 12.1. The predicted molar refractivity (Wildman–Crippen MR) is 566 cm³/mol. The molecular weight excluding hydrogens is 1670 g/mol. The number of hydrogen-bond acceptors (Lipinski definition) is 8. The van der Waals surface area contributed by atoms with Crippen molar-refractivity contribution < 1.29 is 26.5 Å². The van der Waals surface area contributed by atoms with Gasteiger partial charge in [0.1, 0.15) is 67.0 Å². The van der Waals surface area contributed by atoms with Crippen molar-refractivity contribution in [3.05, 3.63) is 437 Å². The second-order valence-electron chi connectivity index (χ2n) is 35.4. The second kappa shape index (κ2) is 29.4. The van der Waals surface area contributed by atoms with E-state index in [0.29, 0.717) is 0 Å². The molecule has 8 nitrogen and oxygen atoms in total. The number of rotatable bonds is 7. The minimum atomic E-state index is 0.887. The first-order valence-corrected chi connectivity index (χ1v) is 46.6. The Hall–Kier alpha value is -17.8. The molecule has 0 N–H and O–H groups in total. The summed E-state index contributed by atoms with van der Waals surface area (Å²) in [6.45, 7) is 0. The molecule has 0 spiro atoms. The van der Waals surface area contributed by atoms with Crippen LogP contribution in [0.3, 0.4) is 0 Å². The maximum Gasteiger partial charge on any atom is 0.143 e. The SMILES string of the molecule is c1ccc(-n2c3ccccc3c3cc(-c4cc5cc6oc7ccccc7c6cc5c5c4ccc4c6ccccc6oc45)ccc32)cc1.c1ccc(N(c2ccccc2)c2ccc(-c3cc4cc5oc6ccccc6c5cc4c4c3ccc3c5ccccc5oc34)cc2)cc1.c1ccc2c(c1)oc1cc3cc(-c4cccc5c4sc4ccccc45)c4ccc5c6ccccc6oc5c4c3cc12. The number of hydrogen-bond donors (Lipinski definition) is 0. The number of aromatic nitrogens is 1. The molecule has 0 saturated heterocycles. The van der Waals surface area contributed by atoms with Crippen molar-refractivity contribution in [2.45, 2.75) is 0 Å². The average Bonchev–Trinajstić information content (AvgIpc) is 1.64. The van der Waals surface area contributed by atoms with Crippen LogP contribution in [0.25, 0.3) is 277 Å². The number of fused-ring (bicyclic) bond motifs is 36. The lowest BCUT2D eigenvalue weighted by atomic mass is 9.91. The Bertz CT molecular complexity index is 10400. The summed E-state index contributed by atoms with van der Waals surface area (Å²) in [5, 5.41) is 32.4. The van der Waals surface area contributed by atoms with Gasteiger partial charge in [-0.2, -0.15) is 0 Å². The van der Waals surface area contributed by atoms with Gasteiger partial charge in [0.15, 0.2) is 0 Å². The highest BCUT2D eigenvalue weighted by molar-refractivity contribution is 7.26. The van der Waals surface area contributed by atoms with Crippen LogP contribution in [0.1, 0.15) is 0 Å². The highest BCUT2D eigenvalue weighted by Crippen LogP contribution is 2.52. The van der Waals surface area contributed by atoms with E-state index in [1.54, 1.807) is 0 Å². The third-order valence-electron chi connectivity index (χ3n) is 28.0. The zero-order chi connectivity index (χ0) is 88.2. The van der Waals surface area contributed by atoms with Gasteiger partial charge in [0, 0.05) is 140 Å². The van der Waals surface area contributed by atoms with E-state index in [4.69, 9.17) is 26.5 Å². The lowest BCUT2D eigenvalue weighted by Crippen LogP contribution is -2.09. The van der Waals surface area contributed by atoms with Gasteiger partial charge < -0.3 is 36.0 Å². The molecule has 0 amide bonds. The van der Waals surface area contributed by atoms with E-state index in [1.807, 2.05) is 65.9 Å². The maximum absolute atomic E-state index is 6.70. The smallest absolute Gasteiger partial charge is 0.143 e. The Balaban J connectivity index is 0.0000000987. The minimum absolute atomic E-state index is 0.887. The summed E-state index contributed by atoms with van der Waals surface area (Å²) in [5.74, 6) is 0. The third-order valence-corrected chi connectivity index (χ3v) is 29.2. The molecule has 0 aliphatic rings. The van der Waals surface area contributed by atoms with Gasteiger partial charge in [-0.1, -0.05) is 255 Å². The molecule has 0 radical (unpaired) electrons. The standard InChI is InChI=1S/C44H25NO2.C44H27NO2.C38H20O2S/c1-2-10-28(11-3-1)45-38-15-7-4-12-29(38)36-22-26(18-21-39(36)45)34-23-27-24-42-37(31-14-6-8-16-40(31)46-42)25-35(27)43-32(34)19-20-33-30-13-5-9-17-41(30)47-44(33)43;1-3-11-30(12-4-1)45(31-13-5-2-6-14-31)32-21-19-28(20-22-32)37-25-29-26-42-39(34-16-8-9-17-40(34)46-42)27-38(29)43-35(37)23-24-36-33-15-7-10-18-41(33)47-44(36)43;1-5-14-33-22(8-1)26-17-16-25-30(28-12-7-11-27-24-10-3-6-15-35(24)41-38(27)28)18-21-19-34-31(20-29(21)36(25)37(26)40-33)23-9-2-4-13-32(23)39-34/h1-25H;1-27H;1-20H. The van der Waals surface area contributed by atoms with Gasteiger partial charge >= 0.3 is 0 Å². The molecule has 628 valence electrons. The quantitative estimate of drug-likeness (QED) is 0.147. The average molecular weight is 1740 g/mol. The van der Waals surface area contributed by atoms with Gasteiger partial charge in [-0.15, -0.1) is 11.3 Å². The zero-order valence-corrected chi connectivity index (χ0v) is 73.1. The summed E-state index contributed by atoms with van der Waals surface area (Å²) >= 11 is 1.87. The molecule has 31 rings (SSSR count). The molecule has 0 atom stereocenters. The number of thiophene rings is 1. The van der Waals surface area contributed by atoms with E-state index >= 15 is 0 Å². The van der Waals surface area contributed by atoms with E-state index < -0.39 is 0 Å². The van der Waals surface area contributed by atoms with E-state index in [1.165, 1.54) is 80.4 Å². The highest BCUT2D eigenvalue weighted by atomic mass is 32.1. The summed E-state index contributed by atoms with van der Waals surface area (Å²) in [5.41, 5.74) is 24.8. The van der Waals surface area contributed by atoms with Crippen molar-refractivity contribution in [3.8, 4) is 39.1 Å². The van der Waals surface area contributed by atoms with Crippen molar-refractivity contribution >= 4 is 267 Å². The molecule has 8 heterocycles. The first-order chi connectivity index (χ1) is 66.9. The van der Waals surface area contributed by atoms with E-state index in [0.717, 1.165) is 214 Å². The fourth-order valence-electron chi connectivity index (χ4n) is 22.0. The predicted octanol–water partition coefficient (Wildman–Crippen LogP) is 37.3. The molecule has 0 saturated carbocycles. The number of furan rings is 6. The van der Waals surface area contributed by atoms with Crippen molar-refractivity contribution in [2.24, 2.45) is 0 Å². The monoisotopic (exact) mass is 1740 g/mol. The fraction of sp³-hybridized carbons (Fsp3) is 0. The molecule has 9 heteroatoms. The molecule has 0 unspecified atom stereocenters. The molecule has 0 bridgehead atoms. The largest absolute Gasteiger partial charge is 0.456 e. The molecule has 23 aromatic carbocycles. The summed E-state index contributed by atoms with van der Waals surface area (Å²) in [4.78, 5) is 2.29. The maximum atomic E-state index is 6.70. The van der Waals surface area contributed by atoms with Crippen molar-refractivity contribution in [3.63, 3.8) is 0 Å². The van der Waals surface area contributed by atoms with Crippen molar-refractivity contribution in [1.29, 1.82) is 0 Å². The Labute approximate surface area is 772 Å². The molecular formula is C126H72N2O6S. The third kappa shape index (κ3) is 11.6. The molecule has 0 aliphatic heterocycles. The van der Waals surface area contributed by atoms with Crippen LogP contribution in [0.15, 0.2) is 463 Å². The van der Waals surface area contributed by atoms with Gasteiger partial charge in [0.05, 0.1) is 11.0 Å².